The number of nitrogens with zero attached hydrogens (tertiary/aromatic N) is 3. The lowest BCUT2D eigenvalue weighted by atomic mass is 9.98. The Morgan fingerprint density at radius 3 is 2.65 bits per heavy atom. The number of ether oxygens (including phenoxy) is 1. The van der Waals surface area contributed by atoms with Crippen molar-refractivity contribution in [2.24, 2.45) is 0 Å². The van der Waals surface area contributed by atoms with Gasteiger partial charge in [-0.15, -0.1) is 11.6 Å². The number of hydrogen-bond donors (Lipinski definition) is 0. The van der Waals surface area contributed by atoms with Crippen LogP contribution in [-0.4, -0.2) is 22.1 Å². The van der Waals surface area contributed by atoms with Gasteiger partial charge >= 0.3 is 5.97 Å². The van der Waals surface area contributed by atoms with Crippen LogP contribution in [0.4, 0.5) is 0 Å². The summed E-state index contributed by atoms with van der Waals surface area (Å²) < 4.78 is 7.15. The van der Waals surface area contributed by atoms with Crippen LogP contribution in [0, 0.1) is 11.3 Å². The van der Waals surface area contributed by atoms with Crippen LogP contribution in [0.25, 0.3) is 22.2 Å². The van der Waals surface area contributed by atoms with Crippen LogP contribution in [0.3, 0.4) is 0 Å². The number of nitriles is 1. The number of hydrogen-bond acceptors (Lipinski definition) is 4. The molecule has 0 saturated heterocycles. The molecule has 1 aromatic heterocycles. The maximum atomic E-state index is 12.5. The van der Waals surface area contributed by atoms with Crippen LogP contribution in [0.5, 0.6) is 0 Å². The summed E-state index contributed by atoms with van der Waals surface area (Å²) in [6.45, 7) is 2.49. The van der Waals surface area contributed by atoms with E-state index in [-0.39, 0.29) is 12.5 Å². The zero-order chi connectivity index (χ0) is 21.8. The van der Waals surface area contributed by atoms with E-state index in [1.807, 2.05) is 59.2 Å². The highest BCUT2D eigenvalue weighted by molar-refractivity contribution is 6.17. The number of imidazole rings is 1. The summed E-state index contributed by atoms with van der Waals surface area (Å²) in [6, 6.07) is 23.3. The lowest BCUT2D eigenvalue weighted by Crippen LogP contribution is -2.10. The summed E-state index contributed by atoms with van der Waals surface area (Å²) in [6.07, 6.45) is 0. The molecule has 31 heavy (non-hydrogen) atoms. The molecule has 0 bridgehead atoms. The van der Waals surface area contributed by atoms with Gasteiger partial charge in [0.1, 0.15) is 5.82 Å². The second-order valence-electron chi connectivity index (χ2n) is 7.00. The average Bonchev–Trinajstić information content (AvgIpc) is 3.17. The number of alkyl halides is 1. The number of para-hydroxylation sites is 1. The normalized spacial score (nSPS) is 10.7. The van der Waals surface area contributed by atoms with Crippen molar-refractivity contribution >= 4 is 28.6 Å². The number of fused-ring (bicyclic) bond motifs is 1. The van der Waals surface area contributed by atoms with Crippen LogP contribution in [-0.2, 0) is 17.2 Å². The summed E-state index contributed by atoms with van der Waals surface area (Å²) in [4.78, 5) is 17.1. The smallest absolute Gasteiger partial charge is 0.340 e. The molecule has 0 spiro atoms. The summed E-state index contributed by atoms with van der Waals surface area (Å²) >= 11 is 6.17. The molecule has 0 radical (unpaired) electrons. The van der Waals surface area contributed by atoms with E-state index in [4.69, 9.17) is 16.3 Å². The Labute approximate surface area is 185 Å². The van der Waals surface area contributed by atoms with Gasteiger partial charge in [-0.3, -0.25) is 0 Å². The van der Waals surface area contributed by atoms with Crippen molar-refractivity contribution in [2.45, 2.75) is 19.3 Å². The summed E-state index contributed by atoms with van der Waals surface area (Å²) in [5, 5.41) is 9.73. The van der Waals surface area contributed by atoms with Gasteiger partial charge < -0.3 is 9.30 Å². The third-order valence-corrected chi connectivity index (χ3v) is 5.33. The summed E-state index contributed by atoms with van der Waals surface area (Å²) in [7, 11) is 0. The minimum atomic E-state index is -0.396. The van der Waals surface area contributed by atoms with Crippen LogP contribution < -0.4 is 0 Å². The van der Waals surface area contributed by atoms with Crippen molar-refractivity contribution in [3.63, 3.8) is 0 Å². The number of carbonyl (C=O) groups excluding carboxylic acids is 1. The first-order chi connectivity index (χ1) is 15.2. The summed E-state index contributed by atoms with van der Waals surface area (Å²) in [5.74, 6) is 0.455. The molecule has 6 heteroatoms. The van der Waals surface area contributed by atoms with Gasteiger partial charge in [-0.25, -0.2) is 9.78 Å². The monoisotopic (exact) mass is 429 g/mol. The van der Waals surface area contributed by atoms with E-state index in [0.717, 1.165) is 16.7 Å². The topological polar surface area (TPSA) is 67.9 Å². The first-order valence-electron chi connectivity index (χ1n) is 9.96. The molecule has 0 fully saturated rings. The van der Waals surface area contributed by atoms with E-state index >= 15 is 0 Å². The second kappa shape index (κ2) is 9.03. The highest BCUT2D eigenvalue weighted by Crippen LogP contribution is 2.27. The Balaban J connectivity index is 1.80. The Hall–Kier alpha value is -3.62. The van der Waals surface area contributed by atoms with Crippen molar-refractivity contribution in [3.8, 4) is 17.2 Å². The molecule has 0 aliphatic carbocycles. The molecule has 5 nitrogen and oxygen atoms in total. The number of carbonyl (C=O) groups is 1. The van der Waals surface area contributed by atoms with Crippen molar-refractivity contribution in [3.05, 3.63) is 89.2 Å². The first kappa shape index (κ1) is 20.6. The fraction of sp³-hybridized carbons (Fsp3) is 0.160. The zero-order valence-corrected chi connectivity index (χ0v) is 17.8. The lowest BCUT2D eigenvalue weighted by molar-refractivity contribution is 0.0528. The van der Waals surface area contributed by atoms with Gasteiger partial charge in [-0.1, -0.05) is 48.5 Å². The van der Waals surface area contributed by atoms with Crippen molar-refractivity contribution in [1.29, 1.82) is 5.26 Å². The van der Waals surface area contributed by atoms with Gasteiger partial charge in [0.05, 0.1) is 40.7 Å². The lowest BCUT2D eigenvalue weighted by Gasteiger charge is -2.12. The fourth-order valence-electron chi connectivity index (χ4n) is 3.71. The molecule has 0 unspecified atom stereocenters. The van der Waals surface area contributed by atoms with Crippen molar-refractivity contribution in [2.75, 3.05) is 6.61 Å². The molecule has 3 aromatic carbocycles. The van der Waals surface area contributed by atoms with Crippen LogP contribution in [0.2, 0.25) is 0 Å². The number of halogens is 1. The Kier molecular flexibility index (Phi) is 6.01. The minimum Gasteiger partial charge on any atom is -0.462 e. The molecule has 0 aliphatic rings. The van der Waals surface area contributed by atoms with Gasteiger partial charge in [0.15, 0.2) is 0 Å². The Morgan fingerprint density at radius 1 is 1.13 bits per heavy atom. The van der Waals surface area contributed by atoms with Gasteiger partial charge in [-0.2, -0.15) is 5.26 Å². The van der Waals surface area contributed by atoms with Crippen LogP contribution in [0.15, 0.2) is 66.7 Å². The maximum Gasteiger partial charge on any atom is 0.340 e. The van der Waals surface area contributed by atoms with E-state index in [1.54, 1.807) is 19.1 Å². The number of aromatic nitrogens is 2. The van der Waals surface area contributed by atoms with Gasteiger partial charge in [-0.05, 0) is 41.8 Å². The average molecular weight is 430 g/mol. The van der Waals surface area contributed by atoms with E-state index < -0.39 is 5.97 Å². The number of rotatable bonds is 6. The molecule has 0 amide bonds. The number of benzene rings is 3. The van der Waals surface area contributed by atoms with E-state index in [0.29, 0.717) is 34.5 Å². The minimum absolute atomic E-state index is 0.199. The highest BCUT2D eigenvalue weighted by Gasteiger charge is 2.19. The quantitative estimate of drug-likeness (QED) is 0.298. The molecular weight excluding hydrogens is 410 g/mol. The fourth-order valence-corrected chi connectivity index (χ4v) is 3.92. The molecule has 1 heterocycles. The third-order valence-electron chi connectivity index (χ3n) is 5.09. The zero-order valence-electron chi connectivity index (χ0n) is 17.0. The SMILES string of the molecule is CCOC(=O)c1cccc2nc(CCl)n(Cc3ccc(-c4ccccc4)c(C#N)c3)c12. The molecule has 0 aliphatic heterocycles. The van der Waals surface area contributed by atoms with Crippen molar-refractivity contribution in [1.82, 2.24) is 9.55 Å². The molecule has 4 rings (SSSR count). The summed E-state index contributed by atoms with van der Waals surface area (Å²) in [5.41, 5.74) is 5.19. The molecular formula is C25H20ClN3O2. The Morgan fingerprint density at radius 2 is 1.94 bits per heavy atom. The maximum absolute atomic E-state index is 12.5. The molecule has 0 atom stereocenters. The second-order valence-corrected chi connectivity index (χ2v) is 7.27. The molecule has 0 N–H and O–H groups in total. The van der Waals surface area contributed by atoms with Crippen molar-refractivity contribution < 1.29 is 9.53 Å². The van der Waals surface area contributed by atoms with Crippen LogP contribution in [0.1, 0.15) is 34.2 Å². The molecule has 4 aromatic rings. The van der Waals surface area contributed by atoms with Crippen LogP contribution >= 0.6 is 11.6 Å². The van der Waals surface area contributed by atoms with E-state index in [1.165, 1.54) is 0 Å². The molecule has 0 saturated carbocycles. The third kappa shape index (κ3) is 4.03. The predicted molar refractivity (Wildman–Crippen MR) is 121 cm³/mol. The van der Waals surface area contributed by atoms with Gasteiger partial charge in [0, 0.05) is 6.54 Å². The Bertz CT molecular complexity index is 1290. The standard InChI is InChI=1S/C25H20ClN3O2/c1-2-31-25(30)21-9-6-10-22-24(21)29(23(14-26)28-22)16-17-11-12-20(19(13-17)15-27)18-7-4-3-5-8-18/h3-13H,2,14,16H2,1H3. The van der Waals surface area contributed by atoms with Gasteiger partial charge in [0.2, 0.25) is 0 Å². The van der Waals surface area contributed by atoms with E-state index in [9.17, 15) is 10.1 Å². The van der Waals surface area contributed by atoms with Gasteiger partial charge in [0.25, 0.3) is 0 Å². The highest BCUT2D eigenvalue weighted by atomic mass is 35.5. The number of esters is 1. The van der Waals surface area contributed by atoms with E-state index in [2.05, 4.69) is 11.1 Å². The first-order valence-corrected chi connectivity index (χ1v) is 10.5. The molecule has 154 valence electrons. The predicted octanol–water partition coefficient (Wildman–Crippen LogP) is 5.54. The largest absolute Gasteiger partial charge is 0.462 e.